The number of hydrogen-bond acceptors (Lipinski definition) is 4. The lowest BCUT2D eigenvalue weighted by atomic mass is 10.1. The minimum absolute atomic E-state index is 0.146. The molecule has 0 aliphatic heterocycles. The number of nitrogens with one attached hydrogen (secondary N) is 2. The fourth-order valence-corrected chi connectivity index (χ4v) is 2.67. The Morgan fingerprint density at radius 3 is 2.84 bits per heavy atom. The van der Waals surface area contributed by atoms with Crippen LogP contribution in [0.4, 0.5) is 0 Å². The molecule has 0 fully saturated rings. The molecule has 2 N–H and O–H groups in total. The van der Waals surface area contributed by atoms with Crippen LogP contribution in [0.5, 0.6) is 0 Å². The molecule has 1 heterocycles. The highest BCUT2D eigenvalue weighted by Crippen LogP contribution is 2.15. The van der Waals surface area contributed by atoms with Crippen LogP contribution in [0, 0.1) is 18.3 Å². The smallest absolute Gasteiger partial charge is 0.240 e. The third-order valence-corrected chi connectivity index (χ3v) is 4.05. The number of nitrogens with zero attached hydrogens (tertiary/aromatic N) is 2. The summed E-state index contributed by atoms with van der Waals surface area (Å²) in [6.07, 6.45) is 3.17. The molecule has 7 heteroatoms. The van der Waals surface area contributed by atoms with Gasteiger partial charge in [-0.3, -0.25) is 5.10 Å². The van der Waals surface area contributed by atoms with Crippen LogP contribution in [-0.2, 0) is 16.6 Å². The molecule has 0 radical (unpaired) electrons. The molecule has 2 aromatic rings. The van der Waals surface area contributed by atoms with Crippen molar-refractivity contribution in [2.45, 2.75) is 18.4 Å². The van der Waals surface area contributed by atoms with E-state index in [-0.39, 0.29) is 11.4 Å². The normalized spacial score (nSPS) is 11.2. The number of aromatic amines is 1. The van der Waals surface area contributed by atoms with Crippen molar-refractivity contribution in [2.75, 3.05) is 0 Å². The highest BCUT2D eigenvalue weighted by atomic mass is 32.2. The van der Waals surface area contributed by atoms with E-state index in [9.17, 15) is 8.42 Å². The van der Waals surface area contributed by atoms with E-state index in [0.717, 1.165) is 5.56 Å². The second-order valence-corrected chi connectivity index (χ2v) is 5.79. The van der Waals surface area contributed by atoms with Gasteiger partial charge < -0.3 is 0 Å². The Bertz CT molecular complexity index is 715. The first-order chi connectivity index (χ1) is 9.03. The number of aromatic nitrogens is 2. The van der Waals surface area contributed by atoms with Crippen LogP contribution >= 0.6 is 0 Å². The van der Waals surface area contributed by atoms with Crippen molar-refractivity contribution in [3.05, 3.63) is 47.3 Å². The maximum Gasteiger partial charge on any atom is 0.240 e. The Kier molecular flexibility index (Phi) is 3.64. The molecule has 0 saturated heterocycles. The number of H-pyrrole nitrogens is 1. The highest BCUT2D eigenvalue weighted by Gasteiger charge is 2.15. The Morgan fingerprint density at radius 2 is 2.26 bits per heavy atom. The zero-order chi connectivity index (χ0) is 13.9. The van der Waals surface area contributed by atoms with Crippen LogP contribution in [0.15, 0.2) is 35.5 Å². The summed E-state index contributed by atoms with van der Waals surface area (Å²) in [7, 11) is -3.58. The fraction of sp³-hybridized carbons (Fsp3) is 0.167. The fourth-order valence-electron chi connectivity index (χ4n) is 1.56. The third kappa shape index (κ3) is 2.99. The van der Waals surface area contributed by atoms with E-state index in [0.29, 0.717) is 11.1 Å². The Balaban J connectivity index is 2.20. The van der Waals surface area contributed by atoms with Gasteiger partial charge in [0.05, 0.1) is 22.7 Å². The van der Waals surface area contributed by atoms with Gasteiger partial charge in [0.15, 0.2) is 0 Å². The largest absolute Gasteiger partial charge is 0.285 e. The van der Waals surface area contributed by atoms with Crippen LogP contribution in [0.25, 0.3) is 0 Å². The first-order valence-electron chi connectivity index (χ1n) is 5.51. The maximum absolute atomic E-state index is 12.1. The van der Waals surface area contributed by atoms with Crippen molar-refractivity contribution in [1.82, 2.24) is 14.9 Å². The maximum atomic E-state index is 12.1. The van der Waals surface area contributed by atoms with E-state index in [1.54, 1.807) is 19.3 Å². The molecule has 19 heavy (non-hydrogen) atoms. The van der Waals surface area contributed by atoms with Gasteiger partial charge in [0.1, 0.15) is 0 Å². The summed E-state index contributed by atoms with van der Waals surface area (Å²) in [4.78, 5) is 0.146. The molecule has 6 nitrogen and oxygen atoms in total. The van der Waals surface area contributed by atoms with Crippen LogP contribution < -0.4 is 4.72 Å². The Labute approximate surface area is 111 Å². The van der Waals surface area contributed by atoms with Gasteiger partial charge in [0.25, 0.3) is 0 Å². The molecule has 98 valence electrons. The Morgan fingerprint density at radius 1 is 1.47 bits per heavy atom. The zero-order valence-electron chi connectivity index (χ0n) is 10.2. The average Bonchev–Trinajstić information content (AvgIpc) is 2.89. The van der Waals surface area contributed by atoms with E-state index < -0.39 is 10.0 Å². The predicted molar refractivity (Wildman–Crippen MR) is 68.5 cm³/mol. The summed E-state index contributed by atoms with van der Waals surface area (Å²) < 4.78 is 26.6. The van der Waals surface area contributed by atoms with Gasteiger partial charge in [0, 0.05) is 18.3 Å². The van der Waals surface area contributed by atoms with E-state index >= 15 is 0 Å². The van der Waals surface area contributed by atoms with Gasteiger partial charge in [-0.25, -0.2) is 13.1 Å². The molecule has 0 atom stereocenters. The van der Waals surface area contributed by atoms with Gasteiger partial charge in [-0.1, -0.05) is 0 Å². The molecule has 0 aliphatic rings. The minimum atomic E-state index is -3.58. The van der Waals surface area contributed by atoms with Crippen LogP contribution in [0.1, 0.15) is 16.7 Å². The second kappa shape index (κ2) is 5.22. The summed E-state index contributed by atoms with van der Waals surface area (Å²) in [5.74, 6) is 0. The van der Waals surface area contributed by atoms with Crippen molar-refractivity contribution in [2.24, 2.45) is 0 Å². The van der Waals surface area contributed by atoms with Crippen LogP contribution in [0.2, 0.25) is 0 Å². The molecule has 0 bridgehead atoms. The molecule has 0 spiro atoms. The SMILES string of the molecule is Cc1cc(S(=O)(=O)NCc2cn[nH]c2)ccc1C#N. The van der Waals surface area contributed by atoms with Crippen molar-refractivity contribution >= 4 is 10.0 Å². The van der Waals surface area contributed by atoms with Gasteiger partial charge in [-0.15, -0.1) is 0 Å². The first kappa shape index (κ1) is 13.3. The molecule has 0 saturated carbocycles. The molecule has 0 aliphatic carbocycles. The molecule has 0 unspecified atom stereocenters. The lowest BCUT2D eigenvalue weighted by molar-refractivity contribution is 0.581. The molecular formula is C12H12N4O2S. The predicted octanol–water partition coefficient (Wildman–Crippen LogP) is 1.07. The standard InChI is InChI=1S/C12H12N4O2S/c1-9-4-12(3-2-11(9)5-13)19(17,18)16-8-10-6-14-15-7-10/h2-4,6-7,16H,8H2,1H3,(H,14,15). The summed E-state index contributed by atoms with van der Waals surface area (Å²) in [5.41, 5.74) is 1.84. The lowest BCUT2D eigenvalue weighted by Gasteiger charge is -2.07. The average molecular weight is 276 g/mol. The highest BCUT2D eigenvalue weighted by molar-refractivity contribution is 7.89. The summed E-state index contributed by atoms with van der Waals surface area (Å²) in [6, 6.07) is 6.40. The van der Waals surface area contributed by atoms with Crippen molar-refractivity contribution in [1.29, 1.82) is 5.26 Å². The van der Waals surface area contributed by atoms with Gasteiger partial charge in [-0.05, 0) is 30.7 Å². The number of nitriles is 1. The number of benzene rings is 1. The van der Waals surface area contributed by atoms with Gasteiger partial charge >= 0.3 is 0 Å². The van der Waals surface area contributed by atoms with E-state index in [1.165, 1.54) is 18.2 Å². The summed E-state index contributed by atoms with van der Waals surface area (Å²) in [5, 5.41) is 15.2. The van der Waals surface area contributed by atoms with Crippen molar-refractivity contribution in [3.63, 3.8) is 0 Å². The number of hydrogen-bond donors (Lipinski definition) is 2. The third-order valence-electron chi connectivity index (χ3n) is 2.65. The number of sulfonamides is 1. The summed E-state index contributed by atoms with van der Waals surface area (Å²) >= 11 is 0. The molecule has 2 rings (SSSR count). The van der Waals surface area contributed by atoms with Crippen LogP contribution in [0.3, 0.4) is 0 Å². The molecule has 1 aromatic carbocycles. The van der Waals surface area contributed by atoms with Crippen molar-refractivity contribution < 1.29 is 8.42 Å². The van der Waals surface area contributed by atoms with E-state index in [1.807, 2.05) is 6.07 Å². The summed E-state index contributed by atoms with van der Waals surface area (Å²) in [6.45, 7) is 1.87. The quantitative estimate of drug-likeness (QED) is 0.872. The first-order valence-corrected chi connectivity index (χ1v) is 6.99. The van der Waals surface area contributed by atoms with E-state index in [4.69, 9.17) is 5.26 Å². The van der Waals surface area contributed by atoms with Gasteiger partial charge in [-0.2, -0.15) is 10.4 Å². The monoisotopic (exact) mass is 276 g/mol. The van der Waals surface area contributed by atoms with E-state index in [2.05, 4.69) is 14.9 Å². The minimum Gasteiger partial charge on any atom is -0.285 e. The molecular weight excluding hydrogens is 264 g/mol. The van der Waals surface area contributed by atoms with Crippen LogP contribution in [-0.4, -0.2) is 18.6 Å². The zero-order valence-corrected chi connectivity index (χ0v) is 11.0. The number of rotatable bonds is 4. The van der Waals surface area contributed by atoms with Gasteiger partial charge in [0.2, 0.25) is 10.0 Å². The Hall–Kier alpha value is -2.17. The molecule has 1 aromatic heterocycles. The van der Waals surface area contributed by atoms with Crippen molar-refractivity contribution in [3.8, 4) is 6.07 Å². The second-order valence-electron chi connectivity index (χ2n) is 4.02. The topological polar surface area (TPSA) is 98.6 Å². The molecule has 0 amide bonds. The lowest BCUT2D eigenvalue weighted by Crippen LogP contribution is -2.23. The number of aryl methyl sites for hydroxylation is 1.